The molecule has 0 fully saturated rings. The fourth-order valence-corrected chi connectivity index (χ4v) is 1.93. The first kappa shape index (κ1) is 15.3. The first-order valence-electron chi connectivity index (χ1n) is 6.73. The Morgan fingerprint density at radius 1 is 1.10 bits per heavy atom. The average molecular weight is 295 g/mol. The summed E-state index contributed by atoms with van der Waals surface area (Å²) < 4.78 is 38.8. The summed E-state index contributed by atoms with van der Waals surface area (Å²) >= 11 is 0. The Kier molecular flexibility index (Phi) is 4.45. The number of rotatable bonds is 4. The van der Waals surface area contributed by atoms with Crippen LogP contribution in [0.4, 0.5) is 19.1 Å². The third-order valence-corrected chi connectivity index (χ3v) is 2.98. The highest BCUT2D eigenvalue weighted by Gasteiger charge is 2.33. The molecule has 21 heavy (non-hydrogen) atoms. The predicted molar refractivity (Wildman–Crippen MR) is 76.0 cm³/mol. The van der Waals surface area contributed by atoms with Crippen LogP contribution in [0.5, 0.6) is 0 Å². The fourth-order valence-electron chi connectivity index (χ4n) is 1.93. The van der Waals surface area contributed by atoms with Crippen molar-refractivity contribution in [2.24, 2.45) is 0 Å². The van der Waals surface area contributed by atoms with Gasteiger partial charge in [-0.2, -0.15) is 13.2 Å². The van der Waals surface area contributed by atoms with E-state index in [9.17, 15) is 13.2 Å². The quantitative estimate of drug-likeness (QED) is 0.920. The van der Waals surface area contributed by atoms with Gasteiger partial charge in [-0.3, -0.25) is 0 Å². The molecule has 6 heteroatoms. The largest absolute Gasteiger partial charge is 0.433 e. The van der Waals surface area contributed by atoms with Gasteiger partial charge in [0.1, 0.15) is 0 Å². The van der Waals surface area contributed by atoms with Crippen LogP contribution in [0.1, 0.15) is 25.1 Å². The van der Waals surface area contributed by atoms with Gasteiger partial charge in [-0.05, 0) is 31.0 Å². The zero-order valence-electron chi connectivity index (χ0n) is 11.8. The maximum atomic E-state index is 12.9. The molecule has 1 aromatic carbocycles. The highest BCUT2D eigenvalue weighted by atomic mass is 19.4. The topological polar surface area (TPSA) is 37.8 Å². The number of aryl methyl sites for hydroxylation is 1. The van der Waals surface area contributed by atoms with Crippen molar-refractivity contribution >= 4 is 5.95 Å². The molecule has 2 rings (SSSR count). The first-order chi connectivity index (χ1) is 9.94. The van der Waals surface area contributed by atoms with E-state index in [-0.39, 0.29) is 11.6 Å². The van der Waals surface area contributed by atoms with Crippen LogP contribution in [-0.2, 0) is 12.6 Å². The summed E-state index contributed by atoms with van der Waals surface area (Å²) in [5, 5.41) is 2.74. The van der Waals surface area contributed by atoms with Crippen molar-refractivity contribution in [3.63, 3.8) is 0 Å². The van der Waals surface area contributed by atoms with Gasteiger partial charge in [-0.25, -0.2) is 9.97 Å². The number of aromatic nitrogens is 2. The second kappa shape index (κ2) is 6.11. The molecule has 0 aliphatic heterocycles. The molecule has 0 saturated heterocycles. The molecule has 1 N–H and O–H groups in total. The molecule has 1 aromatic heterocycles. The van der Waals surface area contributed by atoms with Crippen molar-refractivity contribution in [2.75, 3.05) is 11.9 Å². The monoisotopic (exact) mass is 295 g/mol. The molecule has 0 amide bonds. The Morgan fingerprint density at radius 2 is 1.86 bits per heavy atom. The lowest BCUT2D eigenvalue weighted by atomic mass is 10.1. The van der Waals surface area contributed by atoms with E-state index in [0.717, 1.165) is 18.1 Å². The molecule has 3 nitrogen and oxygen atoms in total. The summed E-state index contributed by atoms with van der Waals surface area (Å²) in [7, 11) is 0. The molecule has 0 aliphatic carbocycles. The molecular formula is C15H16F3N3. The molecular weight excluding hydrogens is 279 g/mol. The number of nitrogens with zero attached hydrogens (tertiary/aromatic N) is 2. The normalized spacial score (nSPS) is 11.5. The molecule has 2 aromatic rings. The maximum Gasteiger partial charge on any atom is 0.433 e. The highest BCUT2D eigenvalue weighted by molar-refractivity contribution is 5.62. The van der Waals surface area contributed by atoms with E-state index in [1.165, 1.54) is 0 Å². The van der Waals surface area contributed by atoms with Crippen LogP contribution in [0.15, 0.2) is 30.3 Å². The third-order valence-electron chi connectivity index (χ3n) is 2.98. The molecule has 112 valence electrons. The van der Waals surface area contributed by atoms with Crippen molar-refractivity contribution in [2.45, 2.75) is 26.4 Å². The zero-order valence-corrected chi connectivity index (χ0v) is 11.8. The molecule has 0 spiro atoms. The predicted octanol–water partition coefficient (Wildman–Crippen LogP) is 4.16. The van der Waals surface area contributed by atoms with Crippen molar-refractivity contribution < 1.29 is 13.2 Å². The fraction of sp³-hybridized carbons (Fsp3) is 0.333. The van der Waals surface area contributed by atoms with Crippen LogP contribution in [-0.4, -0.2) is 16.5 Å². The Bertz CT molecular complexity index is 624. The molecule has 0 bridgehead atoms. The van der Waals surface area contributed by atoms with E-state index in [1.807, 2.05) is 25.1 Å². The van der Waals surface area contributed by atoms with Crippen LogP contribution in [0, 0.1) is 0 Å². The highest BCUT2D eigenvalue weighted by Crippen LogP contribution is 2.31. The maximum absolute atomic E-state index is 12.9. The number of benzene rings is 1. The number of halogens is 3. The summed E-state index contributed by atoms with van der Waals surface area (Å²) in [6, 6.07) is 8.32. The molecule has 0 radical (unpaired) electrons. The van der Waals surface area contributed by atoms with E-state index in [0.29, 0.717) is 12.1 Å². The lowest BCUT2D eigenvalue weighted by Crippen LogP contribution is -2.12. The minimum absolute atomic E-state index is 0.00998. The van der Waals surface area contributed by atoms with Gasteiger partial charge in [0.05, 0.1) is 5.69 Å². The standard InChI is InChI=1S/C15H16F3N3/c1-3-10-6-5-7-11(8-10)12-9-13(15(16,17)18)21-14(20-12)19-4-2/h5-9H,3-4H2,1-2H3,(H,19,20,21). The Hall–Kier alpha value is -2.11. The molecule has 0 atom stereocenters. The molecule has 0 saturated carbocycles. The van der Waals surface area contributed by atoms with Gasteiger partial charge in [0.25, 0.3) is 0 Å². The minimum atomic E-state index is -4.50. The van der Waals surface area contributed by atoms with Gasteiger partial charge in [0.15, 0.2) is 5.69 Å². The Morgan fingerprint density at radius 3 is 2.48 bits per heavy atom. The molecule has 0 aliphatic rings. The average Bonchev–Trinajstić information content (AvgIpc) is 2.46. The molecule has 0 unspecified atom stereocenters. The second-order valence-corrected chi connectivity index (χ2v) is 4.54. The Labute approximate surface area is 121 Å². The first-order valence-corrected chi connectivity index (χ1v) is 6.73. The lowest BCUT2D eigenvalue weighted by Gasteiger charge is -2.11. The number of hydrogen-bond donors (Lipinski definition) is 1. The number of hydrogen-bond acceptors (Lipinski definition) is 3. The van der Waals surface area contributed by atoms with E-state index in [2.05, 4.69) is 15.3 Å². The number of nitrogens with one attached hydrogen (secondary N) is 1. The van der Waals surface area contributed by atoms with Crippen LogP contribution in [0.2, 0.25) is 0 Å². The smallest absolute Gasteiger partial charge is 0.354 e. The minimum Gasteiger partial charge on any atom is -0.354 e. The van der Waals surface area contributed by atoms with E-state index in [1.54, 1.807) is 13.0 Å². The summed E-state index contributed by atoms with van der Waals surface area (Å²) in [5.41, 5.74) is 1.03. The summed E-state index contributed by atoms with van der Waals surface area (Å²) in [4.78, 5) is 7.68. The van der Waals surface area contributed by atoms with E-state index in [4.69, 9.17) is 0 Å². The van der Waals surface area contributed by atoms with Gasteiger partial charge < -0.3 is 5.32 Å². The zero-order chi connectivity index (χ0) is 15.5. The van der Waals surface area contributed by atoms with Crippen molar-refractivity contribution in [1.29, 1.82) is 0 Å². The number of anilines is 1. The number of alkyl halides is 3. The summed E-state index contributed by atoms with van der Waals surface area (Å²) in [5.74, 6) is -0.00998. The SMILES string of the molecule is CCNc1nc(-c2cccc(CC)c2)cc(C(F)(F)F)n1. The van der Waals surface area contributed by atoms with Gasteiger partial charge in [0, 0.05) is 12.1 Å². The van der Waals surface area contributed by atoms with Crippen LogP contribution in [0.25, 0.3) is 11.3 Å². The summed E-state index contributed by atoms with van der Waals surface area (Å²) in [6.07, 6.45) is -3.69. The van der Waals surface area contributed by atoms with Gasteiger partial charge in [0.2, 0.25) is 5.95 Å². The van der Waals surface area contributed by atoms with E-state index >= 15 is 0 Å². The van der Waals surface area contributed by atoms with Crippen molar-refractivity contribution in [3.8, 4) is 11.3 Å². The van der Waals surface area contributed by atoms with Gasteiger partial charge in [-0.15, -0.1) is 0 Å². The second-order valence-electron chi connectivity index (χ2n) is 4.54. The van der Waals surface area contributed by atoms with Crippen LogP contribution >= 0.6 is 0 Å². The van der Waals surface area contributed by atoms with Gasteiger partial charge in [-0.1, -0.05) is 25.1 Å². The van der Waals surface area contributed by atoms with Crippen LogP contribution < -0.4 is 5.32 Å². The van der Waals surface area contributed by atoms with Crippen LogP contribution in [0.3, 0.4) is 0 Å². The van der Waals surface area contributed by atoms with E-state index < -0.39 is 11.9 Å². The molecule has 1 heterocycles. The summed E-state index contributed by atoms with van der Waals surface area (Å²) in [6.45, 7) is 4.22. The Balaban J connectivity index is 2.53. The third kappa shape index (κ3) is 3.71. The van der Waals surface area contributed by atoms with Gasteiger partial charge >= 0.3 is 6.18 Å². The van der Waals surface area contributed by atoms with Crippen molar-refractivity contribution in [3.05, 3.63) is 41.6 Å². The van der Waals surface area contributed by atoms with Crippen molar-refractivity contribution in [1.82, 2.24) is 9.97 Å². The lowest BCUT2D eigenvalue weighted by molar-refractivity contribution is -0.141.